The van der Waals surface area contributed by atoms with Gasteiger partial charge < -0.3 is 4.74 Å². The number of rotatable bonds is 9. The fourth-order valence-corrected chi connectivity index (χ4v) is 5.36. The first-order valence-electron chi connectivity index (χ1n) is 13.1. The van der Waals surface area contributed by atoms with Crippen molar-refractivity contribution in [3.8, 4) is 16.9 Å². The Morgan fingerprint density at radius 3 is 1.77 bits per heavy atom. The van der Waals surface area contributed by atoms with Crippen LogP contribution >= 0.6 is 0 Å². The van der Waals surface area contributed by atoms with Gasteiger partial charge in [0.1, 0.15) is 34.6 Å². The van der Waals surface area contributed by atoms with Gasteiger partial charge in [0.15, 0.2) is 17.5 Å². The second-order valence-electron chi connectivity index (χ2n) is 10.2. The quantitative estimate of drug-likeness (QED) is 0.140. The molecular formula is C30H27F9O. The maximum absolute atomic E-state index is 15.1. The molecule has 0 saturated heterocycles. The third kappa shape index (κ3) is 6.41. The summed E-state index contributed by atoms with van der Waals surface area (Å²) in [6, 6.07) is 2.96. The molecule has 0 spiro atoms. The average molecular weight is 575 g/mol. The largest absolute Gasteiger partial charge is 0.432 e. The monoisotopic (exact) mass is 574 g/mol. The molecule has 216 valence electrons. The normalized spacial score (nSPS) is 17.8. The molecule has 1 nitrogen and oxygen atoms in total. The Bertz CT molecular complexity index is 1290. The van der Waals surface area contributed by atoms with Gasteiger partial charge >= 0.3 is 6.11 Å². The Hall–Kier alpha value is -3.17. The lowest BCUT2D eigenvalue weighted by atomic mass is 9.76. The van der Waals surface area contributed by atoms with Crippen molar-refractivity contribution in [2.75, 3.05) is 0 Å². The van der Waals surface area contributed by atoms with Gasteiger partial charge in [-0.25, -0.2) is 30.7 Å². The van der Waals surface area contributed by atoms with Crippen LogP contribution in [0.2, 0.25) is 0 Å². The van der Waals surface area contributed by atoms with Crippen LogP contribution in [0.5, 0.6) is 5.75 Å². The fraction of sp³-hybridized carbons (Fsp3) is 0.400. The summed E-state index contributed by atoms with van der Waals surface area (Å²) in [6.07, 6.45) is 3.13. The topological polar surface area (TPSA) is 9.23 Å². The molecule has 40 heavy (non-hydrogen) atoms. The van der Waals surface area contributed by atoms with Crippen LogP contribution in [-0.4, -0.2) is 0 Å². The van der Waals surface area contributed by atoms with E-state index in [1.807, 2.05) is 0 Å². The molecule has 1 aliphatic rings. The van der Waals surface area contributed by atoms with Crippen LogP contribution in [-0.2, 0) is 6.11 Å². The zero-order valence-electron chi connectivity index (χ0n) is 21.6. The summed E-state index contributed by atoms with van der Waals surface area (Å²) in [5.41, 5.74) is -3.01. The van der Waals surface area contributed by atoms with Gasteiger partial charge in [0.2, 0.25) is 0 Å². The van der Waals surface area contributed by atoms with Crippen LogP contribution in [0.3, 0.4) is 0 Å². The molecule has 0 radical (unpaired) electrons. The minimum absolute atomic E-state index is 0.0712. The van der Waals surface area contributed by atoms with Crippen LogP contribution < -0.4 is 4.74 Å². The third-order valence-corrected chi connectivity index (χ3v) is 7.42. The van der Waals surface area contributed by atoms with Crippen molar-refractivity contribution in [1.29, 1.82) is 0 Å². The van der Waals surface area contributed by atoms with E-state index >= 15 is 8.78 Å². The number of halogens is 9. The molecule has 0 unspecified atom stereocenters. The Kier molecular flexibility index (Phi) is 9.05. The molecule has 4 rings (SSSR count). The minimum Gasteiger partial charge on any atom is -0.429 e. The van der Waals surface area contributed by atoms with Gasteiger partial charge in [0.05, 0.1) is 5.56 Å². The van der Waals surface area contributed by atoms with Crippen LogP contribution in [0.25, 0.3) is 11.1 Å². The maximum Gasteiger partial charge on any atom is 0.432 e. The number of hydrogen-bond donors (Lipinski definition) is 0. The van der Waals surface area contributed by atoms with Crippen molar-refractivity contribution >= 4 is 0 Å². The van der Waals surface area contributed by atoms with E-state index in [1.165, 1.54) is 6.42 Å². The molecule has 1 fully saturated rings. The number of benzene rings is 3. The third-order valence-electron chi connectivity index (χ3n) is 7.42. The van der Waals surface area contributed by atoms with E-state index in [4.69, 9.17) is 0 Å². The Morgan fingerprint density at radius 1 is 0.700 bits per heavy atom. The molecule has 0 aliphatic heterocycles. The Labute approximate surface area is 226 Å². The second-order valence-corrected chi connectivity index (χ2v) is 10.2. The van der Waals surface area contributed by atoms with Crippen molar-refractivity contribution in [3.05, 3.63) is 88.2 Å². The van der Waals surface area contributed by atoms with Gasteiger partial charge in [-0.1, -0.05) is 32.6 Å². The number of alkyl halides is 2. The highest BCUT2D eigenvalue weighted by atomic mass is 19.3. The maximum atomic E-state index is 15.1. The molecule has 0 bridgehead atoms. The van der Waals surface area contributed by atoms with Crippen LogP contribution in [0.4, 0.5) is 39.5 Å². The van der Waals surface area contributed by atoms with Crippen molar-refractivity contribution in [2.24, 2.45) is 5.92 Å². The molecule has 3 aromatic rings. The smallest absolute Gasteiger partial charge is 0.429 e. The van der Waals surface area contributed by atoms with Gasteiger partial charge in [0.25, 0.3) is 0 Å². The average Bonchev–Trinajstić information content (AvgIpc) is 2.86. The van der Waals surface area contributed by atoms with E-state index in [0.29, 0.717) is 23.6 Å². The minimum atomic E-state index is -4.82. The lowest BCUT2D eigenvalue weighted by Gasteiger charge is -2.29. The van der Waals surface area contributed by atoms with E-state index in [-0.39, 0.29) is 18.1 Å². The van der Waals surface area contributed by atoms with E-state index in [0.717, 1.165) is 57.1 Å². The predicted octanol–water partition coefficient (Wildman–Crippen LogP) is 10.3. The van der Waals surface area contributed by atoms with E-state index in [1.54, 1.807) is 0 Å². The summed E-state index contributed by atoms with van der Waals surface area (Å²) in [5.74, 6) is -12.5. The molecule has 10 heteroatoms. The van der Waals surface area contributed by atoms with Crippen molar-refractivity contribution in [3.63, 3.8) is 0 Å². The van der Waals surface area contributed by atoms with Crippen LogP contribution in [0, 0.1) is 46.6 Å². The molecular weight excluding hydrogens is 547 g/mol. The van der Waals surface area contributed by atoms with Crippen LogP contribution in [0.1, 0.15) is 75.3 Å². The summed E-state index contributed by atoms with van der Waals surface area (Å²) < 4.78 is 133. The van der Waals surface area contributed by atoms with Crippen molar-refractivity contribution < 1.29 is 44.3 Å². The number of hydrogen-bond acceptors (Lipinski definition) is 1. The van der Waals surface area contributed by atoms with E-state index < -0.39 is 69.3 Å². The van der Waals surface area contributed by atoms with Crippen molar-refractivity contribution in [2.45, 2.75) is 70.3 Å². The van der Waals surface area contributed by atoms with Crippen LogP contribution in [0.15, 0.2) is 36.4 Å². The van der Waals surface area contributed by atoms with Gasteiger partial charge in [-0.15, -0.1) is 0 Å². The molecule has 1 aliphatic carbocycles. The summed E-state index contributed by atoms with van der Waals surface area (Å²) in [7, 11) is 0. The Balaban J connectivity index is 1.56. The van der Waals surface area contributed by atoms with E-state index in [9.17, 15) is 30.7 Å². The zero-order valence-corrected chi connectivity index (χ0v) is 21.6. The highest BCUT2D eigenvalue weighted by Gasteiger charge is 2.42. The first-order chi connectivity index (χ1) is 18.9. The lowest BCUT2D eigenvalue weighted by molar-refractivity contribution is -0.189. The summed E-state index contributed by atoms with van der Waals surface area (Å²) in [5, 5.41) is 0. The molecule has 1 saturated carbocycles. The predicted molar refractivity (Wildman–Crippen MR) is 131 cm³/mol. The highest BCUT2D eigenvalue weighted by Crippen LogP contribution is 2.41. The first kappa shape index (κ1) is 29.8. The SMILES string of the molecule is CCCCCC1CCC(c2cc(F)c(-c3cc(F)c(C(F)(F)Oc4cc(F)c(F)c(F)c4)c(F)c3)c(F)c2)CC1. The van der Waals surface area contributed by atoms with E-state index in [2.05, 4.69) is 11.7 Å². The summed E-state index contributed by atoms with van der Waals surface area (Å²) in [6.45, 7) is 2.13. The molecule has 3 aromatic carbocycles. The van der Waals surface area contributed by atoms with Gasteiger partial charge in [-0.05, 0) is 72.9 Å². The number of unbranched alkanes of at least 4 members (excludes halogenated alkanes) is 2. The van der Waals surface area contributed by atoms with Gasteiger partial charge in [-0.2, -0.15) is 8.78 Å². The second kappa shape index (κ2) is 12.1. The fourth-order valence-electron chi connectivity index (χ4n) is 5.36. The van der Waals surface area contributed by atoms with Crippen molar-refractivity contribution in [1.82, 2.24) is 0 Å². The molecule has 0 aromatic heterocycles. The highest BCUT2D eigenvalue weighted by molar-refractivity contribution is 5.66. The number of ether oxygens (including phenoxy) is 1. The Morgan fingerprint density at radius 2 is 1.25 bits per heavy atom. The lowest BCUT2D eigenvalue weighted by Crippen LogP contribution is -2.25. The molecule has 0 N–H and O–H groups in total. The molecule has 0 heterocycles. The summed E-state index contributed by atoms with van der Waals surface area (Å²) >= 11 is 0. The molecule has 0 atom stereocenters. The molecule has 0 amide bonds. The van der Waals surface area contributed by atoms with Gasteiger partial charge in [-0.3, -0.25) is 0 Å². The zero-order chi connectivity index (χ0) is 29.2. The first-order valence-corrected chi connectivity index (χ1v) is 13.1. The summed E-state index contributed by atoms with van der Waals surface area (Å²) in [4.78, 5) is 0. The standard InChI is InChI=1S/C30H27F9O/c1-2-3-4-5-16-6-8-17(9-7-16)18-10-21(31)27(22(32)11-18)19-12-23(33)28(24(34)13-19)30(38,39)40-20-14-25(35)29(37)26(36)15-20/h10-17H,2-9H2,1H3. The van der Waals surface area contributed by atoms with Gasteiger partial charge in [0, 0.05) is 12.1 Å².